The highest BCUT2D eigenvalue weighted by atomic mass is 16.3. The molecule has 2 bridgehead atoms. The molecule has 2 rings (SSSR count). The fourth-order valence-electron chi connectivity index (χ4n) is 4.95. The SMILES string of the molecule is CC(C)=CCCC(C)C1CCCC2(C)CC=C(C=O)C1(C=O)C2O. The summed E-state index contributed by atoms with van der Waals surface area (Å²) in [4.78, 5) is 24.0. The average molecular weight is 332 g/mol. The predicted octanol–water partition coefficient (Wildman–Crippen LogP) is 4.25. The van der Waals surface area contributed by atoms with E-state index in [9.17, 15) is 14.7 Å². The quantitative estimate of drug-likeness (QED) is 0.584. The second kappa shape index (κ2) is 7.35. The molecule has 0 radical (unpaired) electrons. The Hall–Kier alpha value is -1.22. The van der Waals surface area contributed by atoms with Gasteiger partial charge in [-0.3, -0.25) is 4.79 Å². The topological polar surface area (TPSA) is 54.4 Å². The molecule has 0 aromatic rings. The number of fused-ring (bicyclic) bond motifs is 2. The van der Waals surface area contributed by atoms with Crippen LogP contribution in [0.1, 0.15) is 66.2 Å². The second-order valence-corrected chi connectivity index (χ2v) is 8.42. The molecule has 5 atom stereocenters. The molecule has 24 heavy (non-hydrogen) atoms. The summed E-state index contributed by atoms with van der Waals surface area (Å²) in [5.74, 6) is 0.304. The molecule has 0 aliphatic heterocycles. The predicted molar refractivity (Wildman–Crippen MR) is 96.5 cm³/mol. The lowest BCUT2D eigenvalue weighted by molar-refractivity contribution is -0.138. The Kier molecular flexibility index (Phi) is 5.85. The van der Waals surface area contributed by atoms with Crippen LogP contribution in [-0.2, 0) is 9.59 Å². The minimum Gasteiger partial charge on any atom is -0.391 e. The highest BCUT2D eigenvalue weighted by Gasteiger charge is 2.58. The number of allylic oxidation sites excluding steroid dienone is 3. The van der Waals surface area contributed by atoms with Crippen LogP contribution in [0.5, 0.6) is 0 Å². The van der Waals surface area contributed by atoms with E-state index in [2.05, 4.69) is 33.8 Å². The standard InChI is InChI=1S/C21H32O3/c1-15(2)7-5-8-16(3)18-9-6-11-20(4)12-10-17(13-22)21(18,14-23)19(20)24/h7,10,13-14,16,18-19,24H,5-6,8-9,11-12H2,1-4H3. The van der Waals surface area contributed by atoms with Crippen molar-refractivity contribution in [2.75, 3.05) is 0 Å². The van der Waals surface area contributed by atoms with Crippen molar-refractivity contribution in [1.29, 1.82) is 0 Å². The molecule has 3 heteroatoms. The molecule has 1 fully saturated rings. The van der Waals surface area contributed by atoms with Gasteiger partial charge < -0.3 is 9.90 Å². The lowest BCUT2D eigenvalue weighted by Gasteiger charge is -2.50. The molecule has 2 aliphatic carbocycles. The molecule has 1 N–H and O–H groups in total. The highest BCUT2D eigenvalue weighted by molar-refractivity contribution is 5.86. The molecule has 5 unspecified atom stereocenters. The number of hydrogen-bond donors (Lipinski definition) is 1. The van der Waals surface area contributed by atoms with Gasteiger partial charge in [0.2, 0.25) is 0 Å². The molecule has 0 aromatic heterocycles. The van der Waals surface area contributed by atoms with Crippen LogP contribution in [0.2, 0.25) is 0 Å². The number of rotatable bonds is 6. The molecular weight excluding hydrogens is 300 g/mol. The van der Waals surface area contributed by atoms with Gasteiger partial charge in [0.1, 0.15) is 12.6 Å². The van der Waals surface area contributed by atoms with Crippen molar-refractivity contribution in [2.24, 2.45) is 22.7 Å². The summed E-state index contributed by atoms with van der Waals surface area (Å²) in [5.41, 5.74) is 0.465. The van der Waals surface area contributed by atoms with E-state index in [0.717, 1.165) is 44.7 Å². The Morgan fingerprint density at radius 2 is 2.12 bits per heavy atom. The Morgan fingerprint density at radius 1 is 1.42 bits per heavy atom. The van der Waals surface area contributed by atoms with Gasteiger partial charge in [0.15, 0.2) is 0 Å². The van der Waals surface area contributed by atoms with Gasteiger partial charge in [0.05, 0.1) is 11.5 Å². The van der Waals surface area contributed by atoms with E-state index in [-0.39, 0.29) is 17.3 Å². The molecule has 3 nitrogen and oxygen atoms in total. The van der Waals surface area contributed by atoms with E-state index >= 15 is 0 Å². The number of aliphatic hydroxyl groups excluding tert-OH is 1. The van der Waals surface area contributed by atoms with Crippen molar-refractivity contribution < 1.29 is 14.7 Å². The van der Waals surface area contributed by atoms with Crippen molar-refractivity contribution in [3.8, 4) is 0 Å². The van der Waals surface area contributed by atoms with Crippen LogP contribution >= 0.6 is 0 Å². The van der Waals surface area contributed by atoms with Crippen LogP contribution in [0, 0.1) is 22.7 Å². The number of hydrogen-bond acceptors (Lipinski definition) is 3. The summed E-state index contributed by atoms with van der Waals surface area (Å²) in [6, 6.07) is 0. The molecule has 0 saturated heterocycles. The van der Waals surface area contributed by atoms with Crippen LogP contribution in [0.3, 0.4) is 0 Å². The van der Waals surface area contributed by atoms with Crippen LogP contribution in [-0.4, -0.2) is 23.8 Å². The normalized spacial score (nSPS) is 37.0. The fourth-order valence-corrected chi connectivity index (χ4v) is 4.95. The summed E-state index contributed by atoms with van der Waals surface area (Å²) in [5, 5.41) is 11.2. The zero-order valence-corrected chi connectivity index (χ0v) is 15.5. The molecule has 0 heterocycles. The first-order valence-corrected chi connectivity index (χ1v) is 9.25. The molecule has 0 aromatic carbocycles. The third-order valence-corrected chi connectivity index (χ3v) is 6.46. The number of aliphatic hydroxyl groups is 1. The van der Waals surface area contributed by atoms with Gasteiger partial charge in [-0.1, -0.05) is 38.0 Å². The fraction of sp³-hybridized carbons (Fsp3) is 0.714. The van der Waals surface area contributed by atoms with Gasteiger partial charge in [-0.15, -0.1) is 0 Å². The first-order valence-electron chi connectivity index (χ1n) is 9.25. The van der Waals surface area contributed by atoms with Crippen molar-refractivity contribution in [1.82, 2.24) is 0 Å². The van der Waals surface area contributed by atoms with E-state index in [1.54, 1.807) is 0 Å². The largest absolute Gasteiger partial charge is 0.391 e. The first-order chi connectivity index (χ1) is 11.3. The minimum absolute atomic E-state index is 0.0223. The third kappa shape index (κ3) is 3.15. The average Bonchev–Trinajstić information content (AvgIpc) is 2.61. The second-order valence-electron chi connectivity index (χ2n) is 8.42. The van der Waals surface area contributed by atoms with E-state index in [1.165, 1.54) is 5.57 Å². The number of carbonyl (C=O) groups is 2. The molecule has 1 saturated carbocycles. The smallest absolute Gasteiger partial charge is 0.146 e. The van der Waals surface area contributed by atoms with E-state index in [0.29, 0.717) is 12.0 Å². The summed E-state index contributed by atoms with van der Waals surface area (Å²) in [6.45, 7) is 8.41. The lowest BCUT2D eigenvalue weighted by Crippen LogP contribution is -2.54. The third-order valence-electron chi connectivity index (χ3n) is 6.46. The van der Waals surface area contributed by atoms with E-state index < -0.39 is 11.5 Å². The number of aldehydes is 2. The lowest BCUT2D eigenvalue weighted by atomic mass is 9.55. The Bertz CT molecular complexity index is 543. The van der Waals surface area contributed by atoms with Crippen LogP contribution in [0.4, 0.5) is 0 Å². The summed E-state index contributed by atoms with van der Waals surface area (Å²) in [6.07, 6.45) is 10.5. The maximum Gasteiger partial charge on any atom is 0.146 e. The highest BCUT2D eigenvalue weighted by Crippen LogP contribution is 2.57. The zero-order valence-electron chi connectivity index (χ0n) is 15.5. The molecule has 0 amide bonds. The van der Waals surface area contributed by atoms with Crippen molar-refractivity contribution in [3.63, 3.8) is 0 Å². The molecule has 2 aliphatic rings. The van der Waals surface area contributed by atoms with Gasteiger partial charge in [0.25, 0.3) is 0 Å². The van der Waals surface area contributed by atoms with Gasteiger partial charge in [-0.05, 0) is 63.2 Å². The monoisotopic (exact) mass is 332 g/mol. The van der Waals surface area contributed by atoms with Gasteiger partial charge in [0, 0.05) is 5.57 Å². The van der Waals surface area contributed by atoms with E-state index in [1.807, 2.05) is 6.08 Å². The zero-order chi connectivity index (χ0) is 18.0. The van der Waals surface area contributed by atoms with Crippen molar-refractivity contribution >= 4 is 12.6 Å². The maximum atomic E-state index is 12.3. The Balaban J connectivity index is 2.40. The maximum absolute atomic E-state index is 12.3. The van der Waals surface area contributed by atoms with Gasteiger partial charge in [-0.2, -0.15) is 0 Å². The first kappa shape index (κ1) is 19.1. The Morgan fingerprint density at radius 3 is 2.71 bits per heavy atom. The molecule has 0 spiro atoms. The summed E-state index contributed by atoms with van der Waals surface area (Å²) < 4.78 is 0. The van der Waals surface area contributed by atoms with Crippen molar-refractivity contribution in [2.45, 2.75) is 72.3 Å². The summed E-state index contributed by atoms with van der Waals surface area (Å²) >= 11 is 0. The van der Waals surface area contributed by atoms with Crippen LogP contribution in [0.25, 0.3) is 0 Å². The van der Waals surface area contributed by atoms with Crippen LogP contribution < -0.4 is 0 Å². The molecular formula is C21H32O3. The van der Waals surface area contributed by atoms with Crippen molar-refractivity contribution in [3.05, 3.63) is 23.3 Å². The Labute approximate surface area is 146 Å². The van der Waals surface area contributed by atoms with E-state index in [4.69, 9.17) is 0 Å². The summed E-state index contributed by atoms with van der Waals surface area (Å²) in [7, 11) is 0. The van der Waals surface area contributed by atoms with Gasteiger partial charge in [-0.25, -0.2) is 0 Å². The van der Waals surface area contributed by atoms with Crippen LogP contribution in [0.15, 0.2) is 23.3 Å². The minimum atomic E-state index is -1.03. The number of carbonyl (C=O) groups excluding carboxylic acids is 2. The van der Waals surface area contributed by atoms with Gasteiger partial charge >= 0.3 is 0 Å². The molecule has 134 valence electrons.